The number of nitrogens with one attached hydrogen (secondary N) is 1. The number of aryl methyl sites for hydroxylation is 1. The first kappa shape index (κ1) is 17.1. The molecule has 0 aliphatic carbocycles. The van der Waals surface area contributed by atoms with Crippen LogP contribution in [0.25, 0.3) is 27.5 Å². The number of carbonyl (C=O) groups is 1. The summed E-state index contributed by atoms with van der Waals surface area (Å²) in [6, 6.07) is 27.2. The molecular weight excluding hydrogens is 360 g/mol. The van der Waals surface area contributed by atoms with E-state index in [-0.39, 0.29) is 5.91 Å². The van der Waals surface area contributed by atoms with E-state index in [1.165, 1.54) is 0 Å². The highest BCUT2D eigenvalue weighted by Crippen LogP contribution is 2.24. The van der Waals surface area contributed by atoms with Gasteiger partial charge in [0.2, 0.25) is 0 Å². The molecule has 5 nitrogen and oxygen atoms in total. The largest absolute Gasteiger partial charge is 0.322 e. The normalized spacial score (nSPS) is 11.1. The maximum atomic E-state index is 13.0. The van der Waals surface area contributed by atoms with Crippen molar-refractivity contribution in [3.05, 3.63) is 96.1 Å². The molecule has 0 aliphatic heterocycles. The van der Waals surface area contributed by atoms with E-state index in [9.17, 15) is 4.79 Å². The van der Waals surface area contributed by atoms with E-state index in [4.69, 9.17) is 0 Å². The van der Waals surface area contributed by atoms with Gasteiger partial charge in [-0.1, -0.05) is 54.6 Å². The molecule has 0 saturated heterocycles. The molecule has 0 radical (unpaired) electrons. The molecule has 0 saturated carbocycles. The fourth-order valence-electron chi connectivity index (χ4n) is 3.49. The predicted octanol–water partition coefficient (Wildman–Crippen LogP) is 5.13. The maximum Gasteiger partial charge on any atom is 0.256 e. The first-order chi connectivity index (χ1) is 14.2. The summed E-state index contributed by atoms with van der Waals surface area (Å²) in [4.78, 5) is 14.6. The van der Waals surface area contributed by atoms with Crippen LogP contribution in [0.2, 0.25) is 0 Å². The minimum atomic E-state index is -0.139. The second-order valence-electron chi connectivity index (χ2n) is 6.96. The molecule has 0 unspecified atom stereocenters. The van der Waals surface area contributed by atoms with E-state index in [0.717, 1.165) is 38.7 Å². The Morgan fingerprint density at radius 2 is 1.52 bits per heavy atom. The van der Waals surface area contributed by atoms with E-state index >= 15 is 0 Å². The number of hydrogen-bond acceptors (Lipinski definition) is 3. The Balaban J connectivity index is 1.51. The van der Waals surface area contributed by atoms with Crippen molar-refractivity contribution in [2.45, 2.75) is 6.92 Å². The number of amides is 1. The topological polar surface area (TPSA) is 59.8 Å². The van der Waals surface area contributed by atoms with Gasteiger partial charge in [0.1, 0.15) is 11.0 Å². The molecule has 140 valence electrons. The maximum absolute atomic E-state index is 13.0. The third-order valence-corrected chi connectivity index (χ3v) is 5.00. The van der Waals surface area contributed by atoms with Gasteiger partial charge in [-0.2, -0.15) is 4.80 Å². The van der Waals surface area contributed by atoms with Gasteiger partial charge in [-0.05, 0) is 53.6 Å². The van der Waals surface area contributed by atoms with Crippen molar-refractivity contribution < 1.29 is 4.79 Å². The van der Waals surface area contributed by atoms with Crippen molar-refractivity contribution >= 4 is 33.4 Å². The fourth-order valence-corrected chi connectivity index (χ4v) is 3.49. The van der Waals surface area contributed by atoms with Crippen molar-refractivity contribution in [2.24, 2.45) is 0 Å². The van der Waals surface area contributed by atoms with Crippen LogP contribution >= 0.6 is 0 Å². The number of nitrogens with zero attached hydrogens (tertiary/aromatic N) is 3. The Morgan fingerprint density at radius 1 is 0.828 bits per heavy atom. The molecule has 5 rings (SSSR count). The van der Waals surface area contributed by atoms with Gasteiger partial charge in [0, 0.05) is 11.3 Å². The second kappa shape index (κ2) is 6.87. The van der Waals surface area contributed by atoms with Crippen LogP contribution in [0.3, 0.4) is 0 Å². The first-order valence-electron chi connectivity index (χ1n) is 9.41. The van der Waals surface area contributed by atoms with Crippen molar-refractivity contribution in [1.29, 1.82) is 0 Å². The number of rotatable bonds is 3. The van der Waals surface area contributed by atoms with E-state index in [1.54, 1.807) is 4.80 Å². The summed E-state index contributed by atoms with van der Waals surface area (Å²) in [6.07, 6.45) is 0. The molecule has 29 heavy (non-hydrogen) atoms. The summed E-state index contributed by atoms with van der Waals surface area (Å²) in [5, 5.41) is 14.1. The van der Waals surface area contributed by atoms with Gasteiger partial charge in [0.15, 0.2) is 0 Å². The number of aromatic nitrogens is 3. The average molecular weight is 378 g/mol. The minimum Gasteiger partial charge on any atom is -0.322 e. The minimum absolute atomic E-state index is 0.139. The molecule has 5 heteroatoms. The van der Waals surface area contributed by atoms with Crippen LogP contribution in [-0.4, -0.2) is 20.9 Å². The summed E-state index contributed by atoms with van der Waals surface area (Å²) in [5.74, 6) is -0.139. The van der Waals surface area contributed by atoms with Gasteiger partial charge in [-0.3, -0.25) is 4.79 Å². The van der Waals surface area contributed by atoms with Gasteiger partial charge < -0.3 is 5.32 Å². The summed E-state index contributed by atoms with van der Waals surface area (Å²) in [5.41, 5.74) is 4.72. The third kappa shape index (κ3) is 3.12. The lowest BCUT2D eigenvalue weighted by Crippen LogP contribution is -2.13. The number of fused-ring (bicyclic) bond motifs is 2. The molecule has 4 aromatic carbocycles. The smallest absolute Gasteiger partial charge is 0.256 e. The highest BCUT2D eigenvalue weighted by atomic mass is 16.1. The number of benzene rings is 4. The molecular formula is C24H18N4O. The van der Waals surface area contributed by atoms with Crippen molar-refractivity contribution in [2.75, 3.05) is 5.32 Å². The van der Waals surface area contributed by atoms with E-state index in [2.05, 4.69) is 15.5 Å². The van der Waals surface area contributed by atoms with Gasteiger partial charge in [-0.25, -0.2) is 0 Å². The van der Waals surface area contributed by atoms with E-state index in [0.29, 0.717) is 5.56 Å². The van der Waals surface area contributed by atoms with Gasteiger partial charge in [-0.15, -0.1) is 10.2 Å². The van der Waals surface area contributed by atoms with Crippen LogP contribution in [0, 0.1) is 6.92 Å². The van der Waals surface area contributed by atoms with Crippen LogP contribution in [-0.2, 0) is 0 Å². The molecule has 5 aromatic rings. The summed E-state index contributed by atoms with van der Waals surface area (Å²) < 4.78 is 0. The number of anilines is 1. The molecule has 0 atom stereocenters. The number of para-hydroxylation sites is 1. The zero-order valence-corrected chi connectivity index (χ0v) is 15.8. The zero-order chi connectivity index (χ0) is 19.8. The molecule has 0 fully saturated rings. The third-order valence-electron chi connectivity index (χ3n) is 5.00. The predicted molar refractivity (Wildman–Crippen MR) is 116 cm³/mol. The van der Waals surface area contributed by atoms with Gasteiger partial charge in [0.05, 0.1) is 5.69 Å². The fraction of sp³-hybridized carbons (Fsp3) is 0.0417. The highest BCUT2D eigenvalue weighted by Gasteiger charge is 2.13. The van der Waals surface area contributed by atoms with Crippen LogP contribution in [0.1, 0.15) is 15.9 Å². The summed E-state index contributed by atoms with van der Waals surface area (Å²) in [6.45, 7) is 1.96. The van der Waals surface area contributed by atoms with Crippen LogP contribution in [0.15, 0.2) is 84.9 Å². The van der Waals surface area contributed by atoms with Gasteiger partial charge in [0.25, 0.3) is 5.91 Å². The molecule has 1 aromatic heterocycles. The van der Waals surface area contributed by atoms with Gasteiger partial charge >= 0.3 is 0 Å². The molecule has 0 bridgehead atoms. The molecule has 0 aliphatic rings. The Morgan fingerprint density at radius 3 is 2.34 bits per heavy atom. The molecule has 0 spiro atoms. The number of hydrogen-bond donors (Lipinski definition) is 1. The van der Waals surface area contributed by atoms with Crippen LogP contribution in [0.4, 0.5) is 5.69 Å². The molecule has 1 amide bonds. The lowest BCUT2D eigenvalue weighted by molar-refractivity contribution is 0.102. The number of carbonyl (C=O) groups excluding carboxylic acids is 1. The SMILES string of the molecule is Cc1cc2nn(-c3ccccc3)nc2cc1NC(=O)c1cccc2ccccc12. The summed E-state index contributed by atoms with van der Waals surface area (Å²) in [7, 11) is 0. The zero-order valence-electron chi connectivity index (χ0n) is 15.8. The quantitative estimate of drug-likeness (QED) is 0.473. The molecule has 1 N–H and O–H groups in total. The van der Waals surface area contributed by atoms with Crippen molar-refractivity contribution in [3.63, 3.8) is 0 Å². The Bertz CT molecular complexity index is 1350. The monoisotopic (exact) mass is 378 g/mol. The molecule has 1 heterocycles. The van der Waals surface area contributed by atoms with Crippen molar-refractivity contribution in [3.8, 4) is 5.69 Å². The Hall–Kier alpha value is -3.99. The summed E-state index contributed by atoms with van der Waals surface area (Å²) >= 11 is 0. The van der Waals surface area contributed by atoms with Crippen LogP contribution in [0.5, 0.6) is 0 Å². The van der Waals surface area contributed by atoms with E-state index in [1.807, 2.05) is 91.9 Å². The van der Waals surface area contributed by atoms with Crippen molar-refractivity contribution in [1.82, 2.24) is 15.0 Å². The van der Waals surface area contributed by atoms with E-state index < -0.39 is 0 Å². The lowest BCUT2D eigenvalue weighted by Gasteiger charge is -2.10. The van der Waals surface area contributed by atoms with Crippen LogP contribution < -0.4 is 5.32 Å². The Kier molecular flexibility index (Phi) is 4.06. The standard InChI is InChI=1S/C24H18N4O/c1-16-14-22-23(27-28(26-22)18-10-3-2-4-11-18)15-21(16)25-24(29)20-13-7-9-17-8-5-6-12-19(17)20/h2-15H,1H3,(H,25,29). The Labute approximate surface area is 167 Å². The first-order valence-corrected chi connectivity index (χ1v) is 9.41. The second-order valence-corrected chi connectivity index (χ2v) is 6.96. The highest BCUT2D eigenvalue weighted by molar-refractivity contribution is 6.13. The average Bonchev–Trinajstić information content (AvgIpc) is 3.17. The lowest BCUT2D eigenvalue weighted by atomic mass is 10.0.